The highest BCUT2D eigenvalue weighted by atomic mass is 32.1. The van der Waals surface area contributed by atoms with E-state index in [2.05, 4.69) is 20.3 Å². The molecule has 5 aromatic rings. The minimum Gasteiger partial charge on any atom is -0.438 e. The molecule has 0 atom stereocenters. The summed E-state index contributed by atoms with van der Waals surface area (Å²) in [6.07, 6.45) is 4.19. The maximum absolute atomic E-state index is 12.8. The third kappa shape index (κ3) is 4.51. The number of nitrogens with zero attached hydrogens (tertiary/aromatic N) is 3. The van der Waals surface area contributed by atoms with E-state index in [4.69, 9.17) is 4.74 Å². The normalized spacial score (nSPS) is 10.9. The lowest BCUT2D eigenvalue weighted by Crippen LogP contribution is -2.10. The van der Waals surface area contributed by atoms with Crippen molar-refractivity contribution in [2.75, 3.05) is 5.32 Å². The summed E-state index contributed by atoms with van der Waals surface area (Å²) in [6.45, 7) is 3.96. The number of amides is 1. The predicted molar refractivity (Wildman–Crippen MR) is 136 cm³/mol. The number of carbonyl (C=O) groups is 1. The Morgan fingerprint density at radius 2 is 1.88 bits per heavy atom. The number of hydrogen-bond acceptors (Lipinski definition) is 6. The van der Waals surface area contributed by atoms with Crippen molar-refractivity contribution in [2.24, 2.45) is 0 Å². The topological polar surface area (TPSA) is 77.0 Å². The third-order valence-electron chi connectivity index (χ3n) is 5.36. The summed E-state index contributed by atoms with van der Waals surface area (Å²) in [4.78, 5) is 26.7. The first kappa shape index (κ1) is 21.7. The number of benzene rings is 2. The van der Waals surface area contributed by atoms with Gasteiger partial charge in [0.1, 0.15) is 11.6 Å². The standard InChI is InChI=1S/C27H22N4O2S/c1-3-25-28-14-12-21(31-25)20-8-6-13-29-27(20)33-22-11-10-19(15-17(22)2)30-26(32)24-16-18-7-4-5-9-23(18)34-24/h4-16H,3H2,1-2H3,(H,30,32). The summed E-state index contributed by atoms with van der Waals surface area (Å²) in [5.74, 6) is 1.76. The van der Waals surface area contributed by atoms with Crippen LogP contribution in [0.3, 0.4) is 0 Å². The van der Waals surface area contributed by atoms with Gasteiger partial charge in [-0.1, -0.05) is 25.1 Å². The van der Waals surface area contributed by atoms with Crippen molar-refractivity contribution in [1.82, 2.24) is 15.0 Å². The largest absolute Gasteiger partial charge is 0.438 e. The van der Waals surface area contributed by atoms with Gasteiger partial charge in [-0.3, -0.25) is 4.79 Å². The number of hydrogen-bond donors (Lipinski definition) is 1. The van der Waals surface area contributed by atoms with E-state index in [1.165, 1.54) is 11.3 Å². The van der Waals surface area contributed by atoms with Crippen LogP contribution in [0, 0.1) is 6.92 Å². The lowest BCUT2D eigenvalue weighted by molar-refractivity contribution is 0.103. The van der Waals surface area contributed by atoms with Crippen molar-refractivity contribution in [3.63, 3.8) is 0 Å². The number of ether oxygens (including phenoxy) is 1. The van der Waals surface area contributed by atoms with Gasteiger partial charge in [0.2, 0.25) is 5.88 Å². The molecule has 1 N–H and O–H groups in total. The van der Waals surface area contributed by atoms with E-state index in [-0.39, 0.29) is 5.91 Å². The van der Waals surface area contributed by atoms with Gasteiger partial charge >= 0.3 is 0 Å². The smallest absolute Gasteiger partial charge is 0.265 e. The molecule has 5 rings (SSSR count). The molecule has 0 aliphatic rings. The number of thiophene rings is 1. The minimum atomic E-state index is -0.128. The van der Waals surface area contributed by atoms with E-state index in [0.717, 1.165) is 39.2 Å². The molecule has 0 unspecified atom stereocenters. The van der Waals surface area contributed by atoms with Gasteiger partial charge in [0.25, 0.3) is 5.91 Å². The van der Waals surface area contributed by atoms with Crippen LogP contribution in [-0.2, 0) is 6.42 Å². The first-order chi connectivity index (χ1) is 16.6. The van der Waals surface area contributed by atoms with Gasteiger partial charge in [-0.05, 0) is 66.4 Å². The maximum Gasteiger partial charge on any atom is 0.265 e. The third-order valence-corrected chi connectivity index (χ3v) is 6.47. The molecule has 7 heteroatoms. The van der Waals surface area contributed by atoms with Crippen LogP contribution >= 0.6 is 11.3 Å². The van der Waals surface area contributed by atoms with E-state index in [0.29, 0.717) is 22.2 Å². The van der Waals surface area contributed by atoms with Crippen LogP contribution < -0.4 is 10.1 Å². The molecule has 6 nitrogen and oxygen atoms in total. The van der Waals surface area contributed by atoms with Gasteiger partial charge in [-0.15, -0.1) is 11.3 Å². The molecule has 3 aromatic heterocycles. The molecule has 0 fully saturated rings. The number of fused-ring (bicyclic) bond motifs is 1. The molecule has 0 radical (unpaired) electrons. The highest BCUT2D eigenvalue weighted by Gasteiger charge is 2.14. The number of carbonyl (C=O) groups excluding carboxylic acids is 1. The van der Waals surface area contributed by atoms with Gasteiger partial charge in [0.05, 0.1) is 16.1 Å². The molecule has 0 saturated heterocycles. The number of anilines is 1. The van der Waals surface area contributed by atoms with Crippen LogP contribution in [-0.4, -0.2) is 20.9 Å². The van der Waals surface area contributed by atoms with Gasteiger partial charge in [0.15, 0.2) is 0 Å². The van der Waals surface area contributed by atoms with Crippen LogP contribution in [0.4, 0.5) is 5.69 Å². The lowest BCUT2D eigenvalue weighted by atomic mass is 10.1. The van der Waals surface area contributed by atoms with Gasteiger partial charge in [0, 0.05) is 29.2 Å². The Labute approximate surface area is 201 Å². The Morgan fingerprint density at radius 1 is 1.00 bits per heavy atom. The molecular weight excluding hydrogens is 444 g/mol. The van der Waals surface area contributed by atoms with Crippen LogP contribution in [0.1, 0.15) is 28.0 Å². The first-order valence-corrected chi connectivity index (χ1v) is 11.8. The average Bonchev–Trinajstić information content (AvgIpc) is 3.31. The zero-order valence-electron chi connectivity index (χ0n) is 18.8. The van der Waals surface area contributed by atoms with E-state index < -0.39 is 0 Å². The van der Waals surface area contributed by atoms with E-state index >= 15 is 0 Å². The first-order valence-electron chi connectivity index (χ1n) is 11.0. The predicted octanol–water partition coefficient (Wildman–Crippen LogP) is 6.67. The minimum absolute atomic E-state index is 0.128. The SMILES string of the molecule is CCc1nccc(-c2cccnc2Oc2ccc(NC(=O)c3cc4ccccc4s3)cc2C)n1. The maximum atomic E-state index is 12.8. The van der Waals surface area contributed by atoms with Crippen molar-refractivity contribution >= 4 is 33.0 Å². The molecule has 1 amide bonds. The second kappa shape index (κ2) is 9.41. The van der Waals surface area contributed by atoms with E-state index in [1.807, 2.05) is 80.6 Å². The summed E-state index contributed by atoms with van der Waals surface area (Å²) in [5, 5.41) is 4.05. The van der Waals surface area contributed by atoms with Crippen molar-refractivity contribution in [3.8, 4) is 22.9 Å². The van der Waals surface area contributed by atoms with E-state index in [9.17, 15) is 4.79 Å². The van der Waals surface area contributed by atoms with Gasteiger partial charge < -0.3 is 10.1 Å². The van der Waals surface area contributed by atoms with Crippen molar-refractivity contribution in [1.29, 1.82) is 0 Å². The molecule has 0 bridgehead atoms. The van der Waals surface area contributed by atoms with Gasteiger partial charge in [-0.2, -0.15) is 0 Å². The Morgan fingerprint density at radius 3 is 2.71 bits per heavy atom. The van der Waals surface area contributed by atoms with Crippen LogP contribution in [0.2, 0.25) is 0 Å². The molecule has 0 saturated carbocycles. The Balaban J connectivity index is 1.36. The highest BCUT2D eigenvalue weighted by molar-refractivity contribution is 7.20. The molecular formula is C27H22N4O2S. The van der Waals surface area contributed by atoms with Crippen LogP contribution in [0.25, 0.3) is 21.3 Å². The average molecular weight is 467 g/mol. The Bertz CT molecular complexity index is 1460. The molecule has 0 aliphatic heterocycles. The number of pyridine rings is 1. The lowest BCUT2D eigenvalue weighted by Gasteiger charge is -2.13. The van der Waals surface area contributed by atoms with Gasteiger partial charge in [-0.25, -0.2) is 15.0 Å². The highest BCUT2D eigenvalue weighted by Crippen LogP contribution is 2.33. The molecule has 0 spiro atoms. The molecule has 3 heterocycles. The fourth-order valence-electron chi connectivity index (χ4n) is 3.62. The summed E-state index contributed by atoms with van der Waals surface area (Å²) >= 11 is 1.48. The summed E-state index contributed by atoms with van der Waals surface area (Å²) < 4.78 is 7.26. The molecule has 0 aliphatic carbocycles. The monoisotopic (exact) mass is 466 g/mol. The number of nitrogens with one attached hydrogen (secondary N) is 1. The molecule has 2 aromatic carbocycles. The van der Waals surface area contributed by atoms with Crippen LogP contribution in [0.15, 0.2) is 79.1 Å². The Kier molecular flexibility index (Phi) is 6.01. The second-order valence-corrected chi connectivity index (χ2v) is 8.84. The number of aromatic nitrogens is 3. The zero-order chi connectivity index (χ0) is 23.5. The Hall–Kier alpha value is -4.10. The molecule has 168 valence electrons. The fraction of sp³-hybridized carbons (Fsp3) is 0.111. The van der Waals surface area contributed by atoms with E-state index in [1.54, 1.807) is 12.4 Å². The summed E-state index contributed by atoms with van der Waals surface area (Å²) in [5.41, 5.74) is 3.14. The second-order valence-electron chi connectivity index (χ2n) is 7.75. The van der Waals surface area contributed by atoms with Crippen molar-refractivity contribution in [3.05, 3.63) is 95.4 Å². The molecule has 34 heavy (non-hydrogen) atoms. The number of rotatable bonds is 6. The zero-order valence-corrected chi connectivity index (χ0v) is 19.6. The van der Waals surface area contributed by atoms with Crippen molar-refractivity contribution in [2.45, 2.75) is 20.3 Å². The fourth-order valence-corrected chi connectivity index (χ4v) is 4.58. The van der Waals surface area contributed by atoms with Crippen LogP contribution in [0.5, 0.6) is 11.6 Å². The summed E-state index contributed by atoms with van der Waals surface area (Å²) in [6, 6.07) is 21.1. The quantitative estimate of drug-likeness (QED) is 0.302. The van der Waals surface area contributed by atoms with Crippen molar-refractivity contribution < 1.29 is 9.53 Å². The number of aryl methyl sites for hydroxylation is 2. The summed E-state index contributed by atoms with van der Waals surface area (Å²) in [7, 11) is 0.